The minimum Gasteiger partial charge on any atom is -0.465 e. The summed E-state index contributed by atoms with van der Waals surface area (Å²) in [7, 11) is 0. The highest BCUT2D eigenvalue weighted by Gasteiger charge is 2.05. The molecule has 110 valence electrons. The van der Waals surface area contributed by atoms with Gasteiger partial charge >= 0.3 is 5.97 Å². The summed E-state index contributed by atoms with van der Waals surface area (Å²) in [6, 6.07) is 17.1. The Morgan fingerprint density at radius 3 is 2.29 bits per heavy atom. The molecule has 0 atom stereocenters. The van der Waals surface area contributed by atoms with Gasteiger partial charge in [0.2, 0.25) is 0 Å². The average Bonchev–Trinajstić information content (AvgIpc) is 2.51. The van der Waals surface area contributed by atoms with Crippen molar-refractivity contribution in [3.8, 4) is 11.5 Å². The maximum atomic E-state index is 11.6. The molecule has 0 amide bonds. The minimum atomic E-state index is -0.180. The molecule has 0 spiro atoms. The molecule has 0 heterocycles. The molecule has 2 rings (SSSR count). The van der Waals surface area contributed by atoms with Gasteiger partial charge in [-0.3, -0.25) is 4.79 Å². The molecule has 0 aliphatic heterocycles. The Balaban J connectivity index is 1.85. The third-order valence-corrected chi connectivity index (χ3v) is 3.01. The summed E-state index contributed by atoms with van der Waals surface area (Å²) in [6.07, 6.45) is 2.24. The standard InChI is InChI=1S/C18H20O3/c1-2-3-13-20-18(19)14-15-9-11-17(12-10-15)21-16-7-5-4-6-8-16/h4-12H,2-3,13-14H2,1H3. The van der Waals surface area contributed by atoms with Crippen molar-refractivity contribution in [2.75, 3.05) is 6.61 Å². The molecule has 3 nitrogen and oxygen atoms in total. The first-order valence-electron chi connectivity index (χ1n) is 7.25. The van der Waals surface area contributed by atoms with E-state index in [1.807, 2.05) is 54.6 Å². The highest BCUT2D eigenvalue weighted by molar-refractivity contribution is 5.72. The van der Waals surface area contributed by atoms with Crippen molar-refractivity contribution in [3.05, 3.63) is 60.2 Å². The molecule has 0 radical (unpaired) electrons. The molecule has 0 unspecified atom stereocenters. The van der Waals surface area contributed by atoms with E-state index in [-0.39, 0.29) is 5.97 Å². The van der Waals surface area contributed by atoms with Crippen molar-refractivity contribution >= 4 is 5.97 Å². The van der Waals surface area contributed by atoms with Crippen LogP contribution in [0.5, 0.6) is 11.5 Å². The van der Waals surface area contributed by atoms with Crippen molar-refractivity contribution in [2.24, 2.45) is 0 Å². The number of ether oxygens (including phenoxy) is 2. The van der Waals surface area contributed by atoms with Gasteiger partial charge in [0.15, 0.2) is 0 Å². The van der Waals surface area contributed by atoms with E-state index in [1.165, 1.54) is 0 Å². The zero-order chi connectivity index (χ0) is 14.9. The number of unbranched alkanes of at least 4 members (excludes halogenated alkanes) is 1. The first-order valence-corrected chi connectivity index (χ1v) is 7.25. The van der Waals surface area contributed by atoms with Gasteiger partial charge < -0.3 is 9.47 Å². The second-order valence-electron chi connectivity index (χ2n) is 4.81. The predicted molar refractivity (Wildman–Crippen MR) is 82.5 cm³/mol. The highest BCUT2D eigenvalue weighted by Crippen LogP contribution is 2.21. The zero-order valence-corrected chi connectivity index (χ0v) is 12.2. The summed E-state index contributed by atoms with van der Waals surface area (Å²) in [4.78, 5) is 11.6. The molecule has 0 N–H and O–H groups in total. The fourth-order valence-electron chi connectivity index (χ4n) is 1.85. The fourth-order valence-corrected chi connectivity index (χ4v) is 1.85. The molecule has 0 fully saturated rings. The van der Waals surface area contributed by atoms with Crippen molar-refractivity contribution < 1.29 is 14.3 Å². The number of benzene rings is 2. The molecule has 0 saturated carbocycles. The maximum Gasteiger partial charge on any atom is 0.310 e. The summed E-state index contributed by atoms with van der Waals surface area (Å²) in [6.45, 7) is 2.57. The SMILES string of the molecule is CCCCOC(=O)Cc1ccc(Oc2ccccc2)cc1. The molecular formula is C18H20O3. The summed E-state index contributed by atoms with van der Waals surface area (Å²) in [5.74, 6) is 1.37. The molecule has 21 heavy (non-hydrogen) atoms. The molecule has 0 aliphatic rings. The first kappa shape index (κ1) is 15.1. The topological polar surface area (TPSA) is 35.5 Å². The van der Waals surface area contributed by atoms with Gasteiger partial charge in [0.05, 0.1) is 13.0 Å². The van der Waals surface area contributed by atoms with Crippen LogP contribution in [0.25, 0.3) is 0 Å². The Hall–Kier alpha value is -2.29. The summed E-state index contributed by atoms with van der Waals surface area (Å²) in [5, 5.41) is 0. The second kappa shape index (κ2) is 8.10. The van der Waals surface area contributed by atoms with Crippen LogP contribution in [0.4, 0.5) is 0 Å². The fraction of sp³-hybridized carbons (Fsp3) is 0.278. The average molecular weight is 284 g/mol. The Labute approximate surface area is 125 Å². The molecule has 2 aromatic carbocycles. The highest BCUT2D eigenvalue weighted by atomic mass is 16.5. The van der Waals surface area contributed by atoms with Crippen molar-refractivity contribution in [3.63, 3.8) is 0 Å². The smallest absolute Gasteiger partial charge is 0.310 e. The van der Waals surface area contributed by atoms with E-state index >= 15 is 0 Å². The number of carbonyl (C=O) groups excluding carboxylic acids is 1. The lowest BCUT2D eigenvalue weighted by molar-refractivity contribution is -0.142. The molecule has 0 saturated heterocycles. The van der Waals surface area contributed by atoms with Crippen LogP contribution in [0.15, 0.2) is 54.6 Å². The molecule has 0 aromatic heterocycles. The molecule has 3 heteroatoms. The predicted octanol–water partition coefficient (Wildman–Crippen LogP) is 4.36. The van der Waals surface area contributed by atoms with Crippen LogP contribution in [0.1, 0.15) is 25.3 Å². The maximum absolute atomic E-state index is 11.6. The molecular weight excluding hydrogens is 264 g/mol. The molecule has 0 bridgehead atoms. The van der Waals surface area contributed by atoms with Gasteiger partial charge in [0.1, 0.15) is 11.5 Å². The van der Waals surface area contributed by atoms with Gasteiger partial charge in [-0.1, -0.05) is 43.7 Å². The van der Waals surface area contributed by atoms with Crippen LogP contribution in [-0.2, 0) is 16.0 Å². The van der Waals surface area contributed by atoms with E-state index in [2.05, 4.69) is 6.92 Å². The monoisotopic (exact) mass is 284 g/mol. The van der Waals surface area contributed by atoms with Gasteiger partial charge in [0.25, 0.3) is 0 Å². The number of hydrogen-bond acceptors (Lipinski definition) is 3. The van der Waals surface area contributed by atoms with Crippen LogP contribution in [-0.4, -0.2) is 12.6 Å². The number of esters is 1. The number of hydrogen-bond donors (Lipinski definition) is 0. The third kappa shape index (κ3) is 5.30. The van der Waals surface area contributed by atoms with Crippen LogP contribution >= 0.6 is 0 Å². The van der Waals surface area contributed by atoms with E-state index in [1.54, 1.807) is 0 Å². The minimum absolute atomic E-state index is 0.180. The Morgan fingerprint density at radius 2 is 1.62 bits per heavy atom. The van der Waals surface area contributed by atoms with Crippen LogP contribution in [0, 0.1) is 0 Å². The summed E-state index contributed by atoms with van der Waals surface area (Å²) >= 11 is 0. The van der Waals surface area contributed by atoms with Crippen LogP contribution in [0.3, 0.4) is 0 Å². The van der Waals surface area contributed by atoms with Gasteiger partial charge in [-0.15, -0.1) is 0 Å². The lowest BCUT2D eigenvalue weighted by Crippen LogP contribution is -2.08. The largest absolute Gasteiger partial charge is 0.465 e. The Bertz CT molecular complexity index is 546. The Kier molecular flexibility index (Phi) is 5.83. The lowest BCUT2D eigenvalue weighted by Gasteiger charge is -2.07. The van der Waals surface area contributed by atoms with Gasteiger partial charge in [-0.05, 0) is 36.2 Å². The van der Waals surface area contributed by atoms with Crippen LogP contribution in [0.2, 0.25) is 0 Å². The van der Waals surface area contributed by atoms with E-state index in [9.17, 15) is 4.79 Å². The third-order valence-electron chi connectivity index (χ3n) is 3.01. The lowest BCUT2D eigenvalue weighted by atomic mass is 10.1. The quantitative estimate of drug-likeness (QED) is 0.559. The zero-order valence-electron chi connectivity index (χ0n) is 12.2. The van der Waals surface area contributed by atoms with Gasteiger partial charge in [-0.25, -0.2) is 0 Å². The van der Waals surface area contributed by atoms with Crippen LogP contribution < -0.4 is 4.74 Å². The number of rotatable bonds is 7. The van der Waals surface area contributed by atoms with Gasteiger partial charge in [0, 0.05) is 0 Å². The van der Waals surface area contributed by atoms with E-state index < -0.39 is 0 Å². The van der Waals surface area contributed by atoms with Crippen molar-refractivity contribution in [1.29, 1.82) is 0 Å². The number of para-hydroxylation sites is 1. The second-order valence-corrected chi connectivity index (χ2v) is 4.81. The van der Waals surface area contributed by atoms with E-state index in [4.69, 9.17) is 9.47 Å². The normalized spacial score (nSPS) is 10.1. The van der Waals surface area contributed by atoms with Crippen molar-refractivity contribution in [2.45, 2.75) is 26.2 Å². The summed E-state index contributed by atoms with van der Waals surface area (Å²) in [5.41, 5.74) is 0.928. The Morgan fingerprint density at radius 1 is 0.952 bits per heavy atom. The number of carbonyl (C=O) groups is 1. The first-order chi connectivity index (χ1) is 10.3. The van der Waals surface area contributed by atoms with Gasteiger partial charge in [-0.2, -0.15) is 0 Å². The van der Waals surface area contributed by atoms with Crippen molar-refractivity contribution in [1.82, 2.24) is 0 Å². The summed E-state index contributed by atoms with van der Waals surface area (Å²) < 4.78 is 10.8. The van der Waals surface area contributed by atoms with E-state index in [0.717, 1.165) is 29.9 Å². The molecule has 2 aromatic rings. The van der Waals surface area contributed by atoms with E-state index in [0.29, 0.717) is 13.0 Å². The molecule has 0 aliphatic carbocycles.